The topological polar surface area (TPSA) is 39.1 Å². The molecule has 1 saturated carbocycles. The van der Waals surface area contributed by atoms with E-state index in [0.717, 1.165) is 6.54 Å². The average molecular weight is 235 g/mol. The van der Waals surface area contributed by atoms with Crippen LogP contribution in [0.2, 0.25) is 0 Å². The van der Waals surface area contributed by atoms with Gasteiger partial charge in [0, 0.05) is 12.6 Å². The van der Waals surface area contributed by atoms with Crippen molar-refractivity contribution in [2.24, 2.45) is 5.92 Å². The van der Waals surface area contributed by atoms with Gasteiger partial charge in [-0.25, -0.2) is 0 Å². The summed E-state index contributed by atoms with van der Waals surface area (Å²) in [7, 11) is 0. The van der Waals surface area contributed by atoms with E-state index in [1.807, 2.05) is 0 Å². The van der Waals surface area contributed by atoms with Crippen molar-refractivity contribution >= 4 is 0 Å². The Balaban J connectivity index is 2.01. The van der Waals surface area contributed by atoms with E-state index in [-0.39, 0.29) is 5.54 Å². The number of hydrogen-bond donors (Lipinski definition) is 1. The van der Waals surface area contributed by atoms with Crippen LogP contribution in [0.3, 0.4) is 0 Å². The molecular formula is C14H25N3. The van der Waals surface area contributed by atoms with Crippen LogP contribution in [0.5, 0.6) is 0 Å². The highest BCUT2D eigenvalue weighted by molar-refractivity contribution is 5.17. The molecule has 3 nitrogen and oxygen atoms in total. The largest absolute Gasteiger partial charge is 0.300 e. The number of nitriles is 1. The van der Waals surface area contributed by atoms with Crippen molar-refractivity contribution in [2.45, 2.75) is 57.5 Å². The molecule has 1 aliphatic carbocycles. The molecule has 1 heterocycles. The quantitative estimate of drug-likeness (QED) is 0.793. The van der Waals surface area contributed by atoms with Gasteiger partial charge in [-0.15, -0.1) is 0 Å². The Bertz CT molecular complexity index is 284. The zero-order valence-corrected chi connectivity index (χ0v) is 11.2. The Morgan fingerprint density at radius 1 is 1.29 bits per heavy atom. The van der Waals surface area contributed by atoms with Gasteiger partial charge < -0.3 is 4.90 Å². The lowest BCUT2D eigenvalue weighted by atomic mass is 9.92. The third-order valence-electron chi connectivity index (χ3n) is 3.94. The van der Waals surface area contributed by atoms with Crippen LogP contribution in [0, 0.1) is 17.2 Å². The van der Waals surface area contributed by atoms with Gasteiger partial charge in [-0.3, -0.25) is 5.32 Å². The molecule has 1 saturated heterocycles. The highest BCUT2D eigenvalue weighted by Crippen LogP contribution is 2.40. The highest BCUT2D eigenvalue weighted by atomic mass is 15.2. The van der Waals surface area contributed by atoms with Crippen LogP contribution >= 0.6 is 0 Å². The first-order chi connectivity index (χ1) is 8.16. The van der Waals surface area contributed by atoms with Crippen LogP contribution in [-0.2, 0) is 0 Å². The molecule has 0 amide bonds. The third kappa shape index (κ3) is 3.20. The predicted molar refractivity (Wildman–Crippen MR) is 69.6 cm³/mol. The van der Waals surface area contributed by atoms with Gasteiger partial charge in [0.15, 0.2) is 0 Å². The number of likely N-dealkylation sites (tertiary alicyclic amines) is 1. The number of piperidine rings is 1. The fourth-order valence-electron chi connectivity index (χ4n) is 3.01. The van der Waals surface area contributed by atoms with Crippen LogP contribution in [0.25, 0.3) is 0 Å². The summed E-state index contributed by atoms with van der Waals surface area (Å²) in [4.78, 5) is 2.49. The van der Waals surface area contributed by atoms with Crippen LogP contribution in [0.4, 0.5) is 0 Å². The van der Waals surface area contributed by atoms with E-state index in [1.165, 1.54) is 45.2 Å². The molecule has 2 rings (SSSR count). The molecule has 1 atom stereocenters. The average Bonchev–Trinajstić information content (AvgIpc) is 3.13. The minimum Gasteiger partial charge on any atom is -0.300 e. The Morgan fingerprint density at radius 3 is 2.41 bits per heavy atom. The van der Waals surface area contributed by atoms with Crippen molar-refractivity contribution in [1.82, 2.24) is 10.2 Å². The molecule has 2 fully saturated rings. The summed E-state index contributed by atoms with van der Waals surface area (Å²) in [6, 6.07) is 2.99. The molecule has 1 aliphatic heterocycles. The van der Waals surface area contributed by atoms with Gasteiger partial charge in [-0.2, -0.15) is 5.26 Å². The van der Waals surface area contributed by atoms with Crippen molar-refractivity contribution in [3.8, 4) is 6.07 Å². The smallest absolute Gasteiger partial charge is 0.122 e. The van der Waals surface area contributed by atoms with Gasteiger partial charge in [-0.1, -0.05) is 6.42 Å². The second-order valence-electron chi connectivity index (χ2n) is 5.99. The van der Waals surface area contributed by atoms with Gasteiger partial charge in [-0.05, 0) is 58.5 Å². The molecule has 17 heavy (non-hydrogen) atoms. The zero-order chi connectivity index (χ0) is 12.3. The molecule has 0 aromatic carbocycles. The molecule has 2 aliphatic rings. The van der Waals surface area contributed by atoms with Crippen molar-refractivity contribution in [3.63, 3.8) is 0 Å². The van der Waals surface area contributed by atoms with Crippen molar-refractivity contribution in [3.05, 3.63) is 0 Å². The van der Waals surface area contributed by atoms with Gasteiger partial charge in [0.25, 0.3) is 0 Å². The van der Waals surface area contributed by atoms with Crippen LogP contribution in [0.1, 0.15) is 46.0 Å². The zero-order valence-electron chi connectivity index (χ0n) is 11.2. The first-order valence-electron chi connectivity index (χ1n) is 7.07. The molecule has 96 valence electrons. The second-order valence-corrected chi connectivity index (χ2v) is 5.99. The summed E-state index contributed by atoms with van der Waals surface area (Å²) in [5.41, 5.74) is -0.286. The summed E-state index contributed by atoms with van der Waals surface area (Å²) in [5, 5.41) is 13.2. The van der Waals surface area contributed by atoms with Gasteiger partial charge in [0.1, 0.15) is 5.54 Å². The molecule has 0 spiro atoms. The lowest BCUT2D eigenvalue weighted by molar-refractivity contribution is 0.163. The highest BCUT2D eigenvalue weighted by Gasteiger charge is 2.46. The Hall–Kier alpha value is -0.590. The lowest BCUT2D eigenvalue weighted by Gasteiger charge is -2.37. The molecule has 0 aromatic rings. The predicted octanol–water partition coefficient (Wildman–Crippen LogP) is 2.14. The van der Waals surface area contributed by atoms with E-state index in [4.69, 9.17) is 0 Å². The Morgan fingerprint density at radius 2 is 1.94 bits per heavy atom. The monoisotopic (exact) mass is 235 g/mol. The van der Waals surface area contributed by atoms with Crippen LogP contribution < -0.4 is 5.32 Å². The summed E-state index contributed by atoms with van der Waals surface area (Å²) >= 11 is 0. The van der Waals surface area contributed by atoms with Gasteiger partial charge >= 0.3 is 0 Å². The molecule has 1 N–H and O–H groups in total. The van der Waals surface area contributed by atoms with E-state index in [0.29, 0.717) is 12.0 Å². The first-order valence-corrected chi connectivity index (χ1v) is 7.07. The minimum absolute atomic E-state index is 0.286. The van der Waals surface area contributed by atoms with Crippen molar-refractivity contribution in [2.75, 3.05) is 19.6 Å². The molecule has 0 bridgehead atoms. The van der Waals surface area contributed by atoms with Gasteiger partial charge in [0.2, 0.25) is 0 Å². The fourth-order valence-corrected chi connectivity index (χ4v) is 3.01. The van der Waals surface area contributed by atoms with E-state index < -0.39 is 0 Å². The summed E-state index contributed by atoms with van der Waals surface area (Å²) in [6.45, 7) is 7.56. The van der Waals surface area contributed by atoms with Crippen LogP contribution in [-0.4, -0.2) is 36.1 Å². The molecule has 0 aromatic heterocycles. The molecule has 1 unspecified atom stereocenters. The van der Waals surface area contributed by atoms with Gasteiger partial charge in [0.05, 0.1) is 6.07 Å². The molecule has 3 heteroatoms. The lowest BCUT2D eigenvalue weighted by Crippen LogP contribution is -2.57. The second kappa shape index (κ2) is 5.37. The summed E-state index contributed by atoms with van der Waals surface area (Å²) < 4.78 is 0. The minimum atomic E-state index is -0.286. The Kier molecular flexibility index (Phi) is 4.06. The fraction of sp³-hybridized carbons (Fsp3) is 0.929. The maximum atomic E-state index is 9.63. The van der Waals surface area contributed by atoms with Crippen molar-refractivity contribution in [1.29, 1.82) is 5.26 Å². The Labute approximate surface area is 105 Å². The third-order valence-corrected chi connectivity index (χ3v) is 3.94. The van der Waals surface area contributed by atoms with E-state index in [2.05, 4.69) is 30.1 Å². The van der Waals surface area contributed by atoms with Crippen LogP contribution in [0.15, 0.2) is 0 Å². The first kappa shape index (κ1) is 12.9. The number of nitrogens with one attached hydrogen (secondary N) is 1. The van der Waals surface area contributed by atoms with E-state index in [9.17, 15) is 5.26 Å². The number of nitrogens with zero attached hydrogens (tertiary/aromatic N) is 2. The van der Waals surface area contributed by atoms with Crippen molar-refractivity contribution < 1.29 is 0 Å². The van der Waals surface area contributed by atoms with E-state index >= 15 is 0 Å². The maximum absolute atomic E-state index is 9.63. The molecule has 0 radical (unpaired) electrons. The SMILES string of the molecule is CC(C)NC(C#N)(CN1CCCCC1)C1CC1. The number of hydrogen-bond acceptors (Lipinski definition) is 3. The molecular weight excluding hydrogens is 210 g/mol. The summed E-state index contributed by atoms with van der Waals surface area (Å²) in [6.07, 6.45) is 6.40. The maximum Gasteiger partial charge on any atom is 0.122 e. The summed E-state index contributed by atoms with van der Waals surface area (Å²) in [5.74, 6) is 0.580. The normalized spacial score (nSPS) is 25.5. The number of rotatable bonds is 5. The van der Waals surface area contributed by atoms with E-state index in [1.54, 1.807) is 0 Å². The standard InChI is InChI=1S/C14H25N3/c1-12(2)16-14(10-15,13-6-7-13)11-17-8-4-3-5-9-17/h12-13,16H,3-9,11H2,1-2H3.